The number of carbonyl (C=O) groups excluding carboxylic acids is 2. The van der Waals surface area contributed by atoms with Gasteiger partial charge in [0.25, 0.3) is 5.91 Å². The van der Waals surface area contributed by atoms with E-state index >= 15 is 0 Å². The number of hydrogen-bond donors (Lipinski definition) is 1. The Balaban J connectivity index is 1.57. The van der Waals surface area contributed by atoms with Gasteiger partial charge in [-0.2, -0.15) is 0 Å². The highest BCUT2D eigenvalue weighted by Crippen LogP contribution is 2.34. The van der Waals surface area contributed by atoms with Crippen LogP contribution in [0.15, 0.2) is 55.1 Å². The van der Waals surface area contributed by atoms with E-state index < -0.39 is 0 Å². The Morgan fingerprint density at radius 3 is 2.69 bits per heavy atom. The maximum atomic E-state index is 12.9. The van der Waals surface area contributed by atoms with Crippen LogP contribution in [0.1, 0.15) is 15.9 Å². The molecule has 26 heavy (non-hydrogen) atoms. The van der Waals surface area contributed by atoms with Gasteiger partial charge in [0, 0.05) is 43.5 Å². The van der Waals surface area contributed by atoms with Crippen LogP contribution in [0.5, 0.6) is 0 Å². The van der Waals surface area contributed by atoms with Crippen LogP contribution in [0.2, 0.25) is 0 Å². The molecule has 1 saturated heterocycles. The molecule has 2 aromatic carbocycles. The van der Waals surface area contributed by atoms with Gasteiger partial charge in [-0.3, -0.25) is 9.59 Å². The highest BCUT2D eigenvalue weighted by atomic mass is 16.2. The van der Waals surface area contributed by atoms with Gasteiger partial charge in [0.1, 0.15) is 0 Å². The van der Waals surface area contributed by atoms with Crippen molar-refractivity contribution in [3.8, 4) is 11.1 Å². The Kier molecular flexibility index (Phi) is 3.99. The Morgan fingerprint density at radius 2 is 1.96 bits per heavy atom. The van der Waals surface area contributed by atoms with Crippen molar-refractivity contribution in [1.29, 1.82) is 0 Å². The van der Waals surface area contributed by atoms with E-state index in [0.717, 1.165) is 27.9 Å². The number of anilines is 1. The zero-order chi connectivity index (χ0) is 18.3. The molecule has 0 atom stereocenters. The summed E-state index contributed by atoms with van der Waals surface area (Å²) in [5, 5.41) is 3.20. The first-order valence-electron chi connectivity index (χ1n) is 8.74. The van der Waals surface area contributed by atoms with E-state index in [1.165, 1.54) is 6.08 Å². The molecule has 2 aliphatic heterocycles. The molecule has 0 aromatic heterocycles. The van der Waals surface area contributed by atoms with Gasteiger partial charge in [-0.15, -0.1) is 0 Å². The average Bonchev–Trinajstić information content (AvgIpc) is 2.96. The lowest BCUT2D eigenvalue weighted by atomic mass is 9.99. The van der Waals surface area contributed by atoms with Crippen LogP contribution in [-0.2, 0) is 11.3 Å². The number of nitrogens with one attached hydrogen (secondary N) is 1. The molecule has 0 saturated carbocycles. The summed E-state index contributed by atoms with van der Waals surface area (Å²) < 4.78 is 0. The SMILES string of the molecule is C=CC(=O)N1CC(N2Cc3ccc(-c4ccccc4NC)cc3C2=O)C1. The lowest BCUT2D eigenvalue weighted by molar-refractivity contribution is -0.132. The predicted octanol–water partition coefficient (Wildman–Crippen LogP) is 2.75. The molecule has 0 spiro atoms. The molecule has 2 heterocycles. The molecule has 1 fully saturated rings. The van der Waals surface area contributed by atoms with Crippen molar-refractivity contribution in [2.24, 2.45) is 0 Å². The third kappa shape index (κ3) is 2.56. The minimum Gasteiger partial charge on any atom is -0.388 e. The topological polar surface area (TPSA) is 52.7 Å². The van der Waals surface area contributed by atoms with E-state index in [1.54, 1.807) is 4.90 Å². The number of likely N-dealkylation sites (tertiary alicyclic amines) is 1. The number of benzene rings is 2. The van der Waals surface area contributed by atoms with Crippen molar-refractivity contribution >= 4 is 17.5 Å². The molecule has 2 aromatic rings. The number of rotatable bonds is 4. The van der Waals surface area contributed by atoms with Gasteiger partial charge >= 0.3 is 0 Å². The molecule has 2 amide bonds. The quantitative estimate of drug-likeness (QED) is 0.866. The van der Waals surface area contributed by atoms with Crippen molar-refractivity contribution in [3.05, 3.63) is 66.2 Å². The molecular weight excluding hydrogens is 326 g/mol. The highest BCUT2D eigenvalue weighted by Gasteiger charge is 2.40. The summed E-state index contributed by atoms with van der Waals surface area (Å²) in [6, 6.07) is 14.2. The van der Waals surface area contributed by atoms with Crippen molar-refractivity contribution in [2.75, 3.05) is 25.5 Å². The van der Waals surface area contributed by atoms with Crippen LogP contribution < -0.4 is 5.32 Å². The fraction of sp³-hybridized carbons (Fsp3) is 0.238. The largest absolute Gasteiger partial charge is 0.388 e. The summed E-state index contributed by atoms with van der Waals surface area (Å²) in [7, 11) is 1.89. The first kappa shape index (κ1) is 16.4. The third-order valence-electron chi connectivity index (χ3n) is 5.24. The Hall–Kier alpha value is -3.08. The second-order valence-electron chi connectivity index (χ2n) is 6.70. The van der Waals surface area contributed by atoms with Crippen molar-refractivity contribution in [2.45, 2.75) is 12.6 Å². The van der Waals surface area contributed by atoms with Crippen molar-refractivity contribution in [3.63, 3.8) is 0 Å². The van der Waals surface area contributed by atoms with Crippen LogP contribution >= 0.6 is 0 Å². The molecule has 0 radical (unpaired) electrons. The monoisotopic (exact) mass is 347 g/mol. The summed E-state index contributed by atoms with van der Waals surface area (Å²) in [5.74, 6) is -0.0177. The zero-order valence-corrected chi connectivity index (χ0v) is 14.7. The first-order chi connectivity index (χ1) is 12.6. The number of amides is 2. The smallest absolute Gasteiger partial charge is 0.254 e. The lowest BCUT2D eigenvalue weighted by Crippen LogP contribution is -2.60. The maximum absolute atomic E-state index is 12.9. The molecule has 2 aliphatic rings. The Labute approximate surface area is 152 Å². The molecule has 0 unspecified atom stereocenters. The minimum absolute atomic E-state index is 0.0551. The van der Waals surface area contributed by atoms with Crippen LogP contribution in [-0.4, -0.2) is 47.8 Å². The molecule has 132 valence electrons. The zero-order valence-electron chi connectivity index (χ0n) is 14.7. The van der Waals surface area contributed by atoms with E-state index in [2.05, 4.69) is 24.0 Å². The number of carbonyl (C=O) groups is 2. The maximum Gasteiger partial charge on any atom is 0.254 e. The van der Waals surface area contributed by atoms with Crippen molar-refractivity contribution in [1.82, 2.24) is 9.80 Å². The molecule has 5 heteroatoms. The number of hydrogen-bond acceptors (Lipinski definition) is 3. The molecule has 0 bridgehead atoms. The molecule has 0 aliphatic carbocycles. The van der Waals surface area contributed by atoms with Gasteiger partial charge in [-0.1, -0.05) is 36.9 Å². The predicted molar refractivity (Wildman–Crippen MR) is 102 cm³/mol. The van der Waals surface area contributed by atoms with Crippen LogP contribution in [0.3, 0.4) is 0 Å². The number of fused-ring (bicyclic) bond motifs is 1. The Bertz CT molecular complexity index is 900. The fourth-order valence-electron chi connectivity index (χ4n) is 3.70. The van der Waals surface area contributed by atoms with Gasteiger partial charge in [-0.05, 0) is 29.3 Å². The van der Waals surface area contributed by atoms with Gasteiger partial charge in [-0.25, -0.2) is 0 Å². The number of para-hydroxylation sites is 1. The summed E-state index contributed by atoms with van der Waals surface area (Å²) in [6.45, 7) is 5.29. The second kappa shape index (κ2) is 6.33. The van der Waals surface area contributed by atoms with Crippen LogP contribution in [0.25, 0.3) is 11.1 Å². The summed E-state index contributed by atoms with van der Waals surface area (Å²) in [5.41, 5.74) is 4.96. The van der Waals surface area contributed by atoms with Crippen LogP contribution in [0.4, 0.5) is 5.69 Å². The van der Waals surface area contributed by atoms with Gasteiger partial charge < -0.3 is 15.1 Å². The average molecular weight is 347 g/mol. The van der Waals surface area contributed by atoms with Gasteiger partial charge in [0.05, 0.1) is 6.04 Å². The third-order valence-corrected chi connectivity index (χ3v) is 5.24. The molecule has 5 nitrogen and oxygen atoms in total. The van der Waals surface area contributed by atoms with Gasteiger partial charge in [0.2, 0.25) is 5.91 Å². The minimum atomic E-state index is -0.0728. The summed E-state index contributed by atoms with van der Waals surface area (Å²) >= 11 is 0. The summed E-state index contributed by atoms with van der Waals surface area (Å²) in [4.78, 5) is 28.1. The van der Waals surface area contributed by atoms with E-state index in [-0.39, 0.29) is 17.9 Å². The molecule has 1 N–H and O–H groups in total. The summed E-state index contributed by atoms with van der Waals surface area (Å²) in [6.07, 6.45) is 1.32. The van der Waals surface area contributed by atoms with Crippen molar-refractivity contribution < 1.29 is 9.59 Å². The normalized spacial score (nSPS) is 16.3. The molecular formula is C21H21N3O2. The van der Waals surface area contributed by atoms with E-state index in [4.69, 9.17) is 0 Å². The number of nitrogens with zero attached hydrogens (tertiary/aromatic N) is 2. The highest BCUT2D eigenvalue weighted by molar-refractivity contribution is 6.00. The van der Waals surface area contributed by atoms with E-state index in [9.17, 15) is 9.59 Å². The van der Waals surface area contributed by atoms with E-state index in [0.29, 0.717) is 19.6 Å². The molecule has 4 rings (SSSR count). The van der Waals surface area contributed by atoms with E-state index in [1.807, 2.05) is 42.3 Å². The first-order valence-corrected chi connectivity index (χ1v) is 8.74. The lowest BCUT2D eigenvalue weighted by Gasteiger charge is -2.43. The van der Waals surface area contributed by atoms with Gasteiger partial charge in [0.15, 0.2) is 0 Å². The second-order valence-corrected chi connectivity index (χ2v) is 6.70. The standard InChI is InChI=1S/C21H21N3O2/c1-3-20(25)23-12-16(13-23)24-11-15-9-8-14(10-18(15)21(24)26)17-6-4-5-7-19(17)22-2/h3-10,16,22H,1,11-13H2,2H3. The Morgan fingerprint density at radius 1 is 1.19 bits per heavy atom. The fourth-order valence-corrected chi connectivity index (χ4v) is 3.70. The van der Waals surface area contributed by atoms with Crippen LogP contribution in [0, 0.1) is 0 Å².